The topological polar surface area (TPSA) is 59.4 Å². The van der Waals surface area contributed by atoms with Gasteiger partial charge in [-0.25, -0.2) is 9.78 Å². The molecule has 0 saturated heterocycles. The summed E-state index contributed by atoms with van der Waals surface area (Å²) < 4.78 is 5.21. The maximum absolute atomic E-state index is 11.6. The average molecular weight is 347 g/mol. The lowest BCUT2D eigenvalue weighted by atomic mass is 9.95. The molecule has 1 heterocycles. The Morgan fingerprint density at radius 1 is 1.15 bits per heavy atom. The van der Waals surface area contributed by atoms with Crippen molar-refractivity contribution in [3.63, 3.8) is 0 Å². The van der Waals surface area contributed by atoms with Gasteiger partial charge in [-0.3, -0.25) is 0 Å². The molecular formula is C22H21NO3. The van der Waals surface area contributed by atoms with Gasteiger partial charge in [0.05, 0.1) is 0 Å². The van der Waals surface area contributed by atoms with Gasteiger partial charge in [-0.2, -0.15) is 0 Å². The highest BCUT2D eigenvalue weighted by Crippen LogP contribution is 2.26. The van der Waals surface area contributed by atoms with E-state index in [4.69, 9.17) is 4.74 Å². The van der Waals surface area contributed by atoms with Crippen LogP contribution in [0.4, 0.5) is 0 Å². The van der Waals surface area contributed by atoms with Crippen LogP contribution in [0, 0.1) is 0 Å². The number of esters is 1. The Morgan fingerprint density at radius 2 is 1.88 bits per heavy atom. The number of aromatic hydroxyl groups is 1. The number of phenols is 1. The summed E-state index contributed by atoms with van der Waals surface area (Å²) in [5.41, 5.74) is 3.04. The van der Waals surface area contributed by atoms with Crippen LogP contribution in [0.1, 0.15) is 31.0 Å². The smallest absolute Gasteiger partial charge is 0.338 e. The Kier molecular flexibility index (Phi) is 5.03. The first-order valence-electron chi connectivity index (χ1n) is 8.49. The number of hydrogen-bond acceptors (Lipinski definition) is 4. The van der Waals surface area contributed by atoms with E-state index >= 15 is 0 Å². The minimum atomic E-state index is -0.425. The zero-order valence-corrected chi connectivity index (χ0v) is 14.9. The van der Waals surface area contributed by atoms with Crippen molar-refractivity contribution < 1.29 is 14.6 Å². The van der Waals surface area contributed by atoms with Crippen LogP contribution in [0.15, 0.2) is 66.7 Å². The Balaban J connectivity index is 1.73. The molecule has 2 aromatic carbocycles. The molecule has 4 heteroatoms. The predicted molar refractivity (Wildman–Crippen MR) is 102 cm³/mol. The third kappa shape index (κ3) is 3.91. The lowest BCUT2D eigenvalue weighted by molar-refractivity contribution is -0.130. The van der Waals surface area contributed by atoms with E-state index in [-0.39, 0.29) is 11.7 Å². The fraction of sp³-hybridized carbons (Fsp3) is 0.182. The lowest BCUT2D eigenvalue weighted by Crippen LogP contribution is -2.08. The van der Waals surface area contributed by atoms with E-state index in [0.717, 1.165) is 23.1 Å². The summed E-state index contributed by atoms with van der Waals surface area (Å²) >= 11 is 0. The molecule has 0 radical (unpaired) electrons. The van der Waals surface area contributed by atoms with Gasteiger partial charge >= 0.3 is 5.97 Å². The standard InChI is InChI=1S/C22H21NO3/c1-14(2)22(25)26-19-11-8-16(9-12-19)15(3)13-18-10-7-17-5-4-6-20(24)21(17)23-18/h4-12,15,24H,1,13H2,2-3H3. The van der Waals surface area contributed by atoms with E-state index in [2.05, 4.69) is 18.5 Å². The van der Waals surface area contributed by atoms with Gasteiger partial charge < -0.3 is 9.84 Å². The number of benzene rings is 2. The molecule has 1 aromatic heterocycles. The van der Waals surface area contributed by atoms with Crippen molar-refractivity contribution in [3.8, 4) is 11.5 Å². The fourth-order valence-electron chi connectivity index (χ4n) is 2.78. The second-order valence-corrected chi connectivity index (χ2v) is 6.50. The molecule has 1 unspecified atom stereocenters. The summed E-state index contributed by atoms with van der Waals surface area (Å²) in [6.45, 7) is 7.31. The number of fused-ring (bicyclic) bond motifs is 1. The largest absolute Gasteiger partial charge is 0.506 e. The van der Waals surface area contributed by atoms with E-state index in [1.807, 2.05) is 36.4 Å². The van der Waals surface area contributed by atoms with Crippen molar-refractivity contribution in [3.05, 3.63) is 78.0 Å². The predicted octanol–water partition coefficient (Wildman–Crippen LogP) is 4.77. The molecule has 1 atom stereocenters. The van der Waals surface area contributed by atoms with Crippen LogP contribution in [0.25, 0.3) is 10.9 Å². The maximum atomic E-state index is 11.6. The highest BCUT2D eigenvalue weighted by atomic mass is 16.5. The van der Waals surface area contributed by atoms with Crippen molar-refractivity contribution in [1.82, 2.24) is 4.98 Å². The van der Waals surface area contributed by atoms with Gasteiger partial charge in [0.2, 0.25) is 0 Å². The van der Waals surface area contributed by atoms with Crippen molar-refractivity contribution in [1.29, 1.82) is 0 Å². The zero-order valence-electron chi connectivity index (χ0n) is 14.9. The molecule has 0 fully saturated rings. The van der Waals surface area contributed by atoms with Crippen molar-refractivity contribution in [2.45, 2.75) is 26.2 Å². The average Bonchev–Trinajstić information content (AvgIpc) is 2.63. The minimum Gasteiger partial charge on any atom is -0.506 e. The number of aromatic nitrogens is 1. The molecule has 0 aliphatic rings. The van der Waals surface area contributed by atoms with Gasteiger partial charge in [0.1, 0.15) is 17.0 Å². The number of carbonyl (C=O) groups excluding carboxylic acids is 1. The van der Waals surface area contributed by atoms with Crippen LogP contribution < -0.4 is 4.74 Å². The molecule has 0 aliphatic heterocycles. The molecule has 3 aromatic rings. The van der Waals surface area contributed by atoms with E-state index in [1.165, 1.54) is 0 Å². The van der Waals surface area contributed by atoms with E-state index < -0.39 is 5.97 Å². The number of para-hydroxylation sites is 1. The van der Waals surface area contributed by atoms with Gasteiger partial charge in [0.15, 0.2) is 0 Å². The number of nitrogens with zero attached hydrogens (tertiary/aromatic N) is 1. The van der Waals surface area contributed by atoms with Gasteiger partial charge in [0, 0.05) is 16.7 Å². The normalized spacial score (nSPS) is 11.9. The van der Waals surface area contributed by atoms with Crippen LogP contribution in [-0.4, -0.2) is 16.1 Å². The van der Waals surface area contributed by atoms with Gasteiger partial charge in [-0.15, -0.1) is 0 Å². The number of pyridine rings is 1. The first-order chi connectivity index (χ1) is 12.4. The number of rotatable bonds is 5. The summed E-state index contributed by atoms with van der Waals surface area (Å²) in [7, 11) is 0. The molecule has 0 aliphatic carbocycles. The summed E-state index contributed by atoms with van der Waals surface area (Å²) in [5.74, 6) is 0.506. The Bertz CT molecular complexity index is 961. The summed E-state index contributed by atoms with van der Waals surface area (Å²) in [5, 5.41) is 10.9. The van der Waals surface area contributed by atoms with Crippen LogP contribution in [0.5, 0.6) is 11.5 Å². The van der Waals surface area contributed by atoms with E-state index in [9.17, 15) is 9.90 Å². The lowest BCUT2D eigenvalue weighted by Gasteiger charge is -2.13. The minimum absolute atomic E-state index is 0.195. The number of hydrogen-bond donors (Lipinski definition) is 1. The third-order valence-corrected chi connectivity index (χ3v) is 4.28. The first-order valence-corrected chi connectivity index (χ1v) is 8.49. The molecular weight excluding hydrogens is 326 g/mol. The Morgan fingerprint density at radius 3 is 2.58 bits per heavy atom. The second kappa shape index (κ2) is 7.40. The molecule has 0 bridgehead atoms. The second-order valence-electron chi connectivity index (χ2n) is 6.50. The van der Waals surface area contributed by atoms with E-state index in [0.29, 0.717) is 16.8 Å². The molecule has 26 heavy (non-hydrogen) atoms. The first kappa shape index (κ1) is 17.7. The molecule has 0 amide bonds. The van der Waals surface area contributed by atoms with Gasteiger partial charge in [0.25, 0.3) is 0 Å². The summed E-state index contributed by atoms with van der Waals surface area (Å²) in [4.78, 5) is 16.1. The quantitative estimate of drug-likeness (QED) is 0.410. The van der Waals surface area contributed by atoms with Gasteiger partial charge in [-0.1, -0.05) is 43.8 Å². The van der Waals surface area contributed by atoms with Crippen LogP contribution >= 0.6 is 0 Å². The summed E-state index contributed by atoms with van der Waals surface area (Å²) in [6.07, 6.45) is 0.745. The monoisotopic (exact) mass is 347 g/mol. The van der Waals surface area contributed by atoms with Crippen LogP contribution in [-0.2, 0) is 11.2 Å². The molecule has 132 valence electrons. The van der Waals surface area contributed by atoms with Crippen LogP contribution in [0.3, 0.4) is 0 Å². The number of phenolic OH excluding ortho intramolecular Hbond substituents is 1. The van der Waals surface area contributed by atoms with Crippen molar-refractivity contribution in [2.75, 3.05) is 0 Å². The van der Waals surface area contributed by atoms with Crippen LogP contribution in [0.2, 0.25) is 0 Å². The Hall–Kier alpha value is -3.14. The Labute approximate surface area is 152 Å². The molecule has 0 spiro atoms. The summed E-state index contributed by atoms with van der Waals surface area (Å²) in [6, 6.07) is 16.8. The highest BCUT2D eigenvalue weighted by molar-refractivity contribution is 5.88. The maximum Gasteiger partial charge on any atom is 0.338 e. The van der Waals surface area contributed by atoms with E-state index in [1.54, 1.807) is 25.1 Å². The number of carbonyl (C=O) groups is 1. The molecule has 0 saturated carbocycles. The third-order valence-electron chi connectivity index (χ3n) is 4.28. The number of ether oxygens (including phenoxy) is 1. The zero-order chi connectivity index (χ0) is 18.7. The van der Waals surface area contributed by atoms with Crippen molar-refractivity contribution in [2.24, 2.45) is 0 Å². The molecule has 1 N–H and O–H groups in total. The highest BCUT2D eigenvalue weighted by Gasteiger charge is 2.11. The molecule has 4 nitrogen and oxygen atoms in total. The molecule has 3 rings (SSSR count). The SMILES string of the molecule is C=C(C)C(=O)Oc1ccc(C(C)Cc2ccc3cccc(O)c3n2)cc1. The fourth-order valence-corrected chi connectivity index (χ4v) is 2.78. The van der Waals surface area contributed by atoms with Crippen molar-refractivity contribution >= 4 is 16.9 Å². The van der Waals surface area contributed by atoms with Gasteiger partial charge in [-0.05, 0) is 49.1 Å².